The SMILES string of the molecule is CC[C@H](C)c1ccc(S(=O)(=O)N(C)Cc2c(Cl)cnn2CC)cc1. The minimum absolute atomic E-state index is 0.183. The Morgan fingerprint density at radius 2 is 1.88 bits per heavy atom. The summed E-state index contributed by atoms with van der Waals surface area (Å²) in [6, 6.07) is 7.12. The third kappa shape index (κ3) is 3.82. The lowest BCUT2D eigenvalue weighted by molar-refractivity contribution is 0.447. The Morgan fingerprint density at radius 1 is 1.25 bits per heavy atom. The predicted molar refractivity (Wildman–Crippen MR) is 96.7 cm³/mol. The molecular formula is C17H24ClN3O2S. The molecule has 0 N–H and O–H groups in total. The van der Waals surface area contributed by atoms with Crippen LogP contribution in [0.25, 0.3) is 0 Å². The molecular weight excluding hydrogens is 346 g/mol. The molecule has 1 heterocycles. The molecule has 2 rings (SSSR count). The third-order valence-corrected chi connectivity index (χ3v) is 6.47. The molecule has 0 unspecified atom stereocenters. The summed E-state index contributed by atoms with van der Waals surface area (Å²) in [5.74, 6) is 0.414. The Labute approximate surface area is 149 Å². The van der Waals surface area contributed by atoms with Gasteiger partial charge in [-0.25, -0.2) is 8.42 Å². The van der Waals surface area contributed by atoms with Gasteiger partial charge < -0.3 is 0 Å². The van der Waals surface area contributed by atoms with Crippen LogP contribution in [0.2, 0.25) is 5.02 Å². The van der Waals surface area contributed by atoms with E-state index in [4.69, 9.17) is 11.6 Å². The van der Waals surface area contributed by atoms with Crippen molar-refractivity contribution >= 4 is 21.6 Å². The molecule has 0 saturated heterocycles. The quantitative estimate of drug-likeness (QED) is 0.743. The van der Waals surface area contributed by atoms with Crippen molar-refractivity contribution in [2.24, 2.45) is 0 Å². The highest BCUT2D eigenvalue weighted by Gasteiger charge is 2.23. The summed E-state index contributed by atoms with van der Waals surface area (Å²) in [7, 11) is -2.02. The number of sulfonamides is 1. The van der Waals surface area contributed by atoms with Gasteiger partial charge in [0.15, 0.2) is 0 Å². The van der Waals surface area contributed by atoms with Crippen molar-refractivity contribution < 1.29 is 8.42 Å². The van der Waals surface area contributed by atoms with E-state index < -0.39 is 10.0 Å². The van der Waals surface area contributed by atoms with Crippen LogP contribution in [0.15, 0.2) is 35.4 Å². The van der Waals surface area contributed by atoms with E-state index in [-0.39, 0.29) is 11.4 Å². The van der Waals surface area contributed by atoms with Crippen molar-refractivity contribution in [3.05, 3.63) is 46.7 Å². The fraction of sp³-hybridized carbons (Fsp3) is 0.471. The second-order valence-corrected chi connectivity index (χ2v) is 8.35. The molecule has 0 fully saturated rings. The Bertz CT molecular complexity index is 785. The van der Waals surface area contributed by atoms with Gasteiger partial charge in [0.25, 0.3) is 0 Å². The van der Waals surface area contributed by atoms with Crippen molar-refractivity contribution in [2.75, 3.05) is 7.05 Å². The predicted octanol–water partition coefficient (Wildman–Crippen LogP) is 3.89. The van der Waals surface area contributed by atoms with Crippen LogP contribution in [0.4, 0.5) is 0 Å². The summed E-state index contributed by atoms with van der Waals surface area (Å²) in [6.45, 7) is 7.00. The first-order chi connectivity index (χ1) is 11.3. The Balaban J connectivity index is 2.24. The summed E-state index contributed by atoms with van der Waals surface area (Å²) in [4.78, 5) is 0.288. The van der Waals surface area contributed by atoms with E-state index in [9.17, 15) is 8.42 Å². The molecule has 0 radical (unpaired) electrons. The van der Waals surface area contributed by atoms with Crippen LogP contribution >= 0.6 is 11.6 Å². The molecule has 0 bridgehead atoms. The normalized spacial score (nSPS) is 13.4. The zero-order valence-corrected chi connectivity index (χ0v) is 16.1. The van der Waals surface area contributed by atoms with E-state index in [1.165, 1.54) is 4.31 Å². The van der Waals surface area contributed by atoms with Crippen molar-refractivity contribution in [3.8, 4) is 0 Å². The van der Waals surface area contributed by atoms with Crippen LogP contribution in [0.5, 0.6) is 0 Å². The molecule has 1 aromatic heterocycles. The number of nitrogens with zero attached hydrogens (tertiary/aromatic N) is 3. The zero-order chi connectivity index (χ0) is 17.9. The molecule has 132 valence electrons. The van der Waals surface area contributed by atoms with Crippen molar-refractivity contribution in [3.63, 3.8) is 0 Å². The molecule has 0 aliphatic carbocycles. The molecule has 1 atom stereocenters. The van der Waals surface area contributed by atoms with Gasteiger partial charge in [0.1, 0.15) is 0 Å². The second kappa shape index (κ2) is 7.68. The minimum Gasteiger partial charge on any atom is -0.267 e. The summed E-state index contributed by atoms with van der Waals surface area (Å²) in [6.07, 6.45) is 2.56. The molecule has 2 aromatic rings. The lowest BCUT2D eigenvalue weighted by Gasteiger charge is -2.18. The first kappa shape index (κ1) is 19.0. The van der Waals surface area contributed by atoms with Gasteiger partial charge >= 0.3 is 0 Å². The van der Waals surface area contributed by atoms with Gasteiger partial charge in [-0.05, 0) is 37.0 Å². The standard InChI is InChI=1S/C17H24ClN3O2S/c1-5-13(3)14-7-9-15(10-8-14)24(22,23)20(4)12-17-16(18)11-19-21(17)6-2/h7-11,13H,5-6,12H2,1-4H3/t13-/m0/s1. The number of benzene rings is 1. The van der Waals surface area contributed by atoms with Gasteiger partial charge in [-0.15, -0.1) is 0 Å². The molecule has 7 heteroatoms. The molecule has 1 aromatic carbocycles. The van der Waals surface area contributed by atoms with E-state index in [1.807, 2.05) is 19.1 Å². The first-order valence-electron chi connectivity index (χ1n) is 8.07. The number of aromatic nitrogens is 2. The number of hydrogen-bond donors (Lipinski definition) is 0. The van der Waals surface area contributed by atoms with E-state index in [0.29, 0.717) is 23.2 Å². The van der Waals surface area contributed by atoms with E-state index >= 15 is 0 Å². The maximum atomic E-state index is 12.8. The summed E-state index contributed by atoms with van der Waals surface area (Å²) >= 11 is 6.13. The Morgan fingerprint density at radius 3 is 2.42 bits per heavy atom. The Hall–Kier alpha value is -1.37. The molecule has 0 aliphatic heterocycles. The van der Waals surface area contributed by atoms with Crippen LogP contribution in [-0.4, -0.2) is 29.6 Å². The summed E-state index contributed by atoms with van der Waals surface area (Å²) < 4.78 is 28.6. The number of halogens is 1. The smallest absolute Gasteiger partial charge is 0.243 e. The average molecular weight is 370 g/mol. The van der Waals surface area contributed by atoms with Crippen LogP contribution in [0.3, 0.4) is 0 Å². The minimum atomic E-state index is -3.57. The number of aryl methyl sites for hydroxylation is 1. The number of rotatable bonds is 7. The molecule has 24 heavy (non-hydrogen) atoms. The van der Waals surface area contributed by atoms with Gasteiger partial charge in [-0.2, -0.15) is 9.40 Å². The zero-order valence-electron chi connectivity index (χ0n) is 14.5. The van der Waals surface area contributed by atoms with E-state index in [2.05, 4.69) is 18.9 Å². The van der Waals surface area contributed by atoms with Crippen LogP contribution < -0.4 is 0 Å². The second-order valence-electron chi connectivity index (χ2n) is 5.89. The van der Waals surface area contributed by atoms with Gasteiger partial charge in [0, 0.05) is 13.6 Å². The van der Waals surface area contributed by atoms with Crippen LogP contribution in [0, 0.1) is 0 Å². The molecule has 5 nitrogen and oxygen atoms in total. The van der Waals surface area contributed by atoms with Crippen molar-refractivity contribution in [1.82, 2.24) is 14.1 Å². The largest absolute Gasteiger partial charge is 0.267 e. The summed E-state index contributed by atoms with van der Waals surface area (Å²) in [5, 5.41) is 4.62. The van der Waals surface area contributed by atoms with E-state index in [0.717, 1.165) is 12.0 Å². The van der Waals surface area contributed by atoms with E-state index in [1.54, 1.807) is 30.1 Å². The highest BCUT2D eigenvalue weighted by atomic mass is 35.5. The maximum absolute atomic E-state index is 12.8. The fourth-order valence-corrected chi connectivity index (χ4v) is 3.83. The molecule has 0 saturated carbocycles. The Kier molecular flexibility index (Phi) is 6.06. The van der Waals surface area contributed by atoms with Crippen molar-refractivity contribution in [2.45, 2.75) is 51.1 Å². The van der Waals surface area contributed by atoms with Gasteiger partial charge in [-0.1, -0.05) is 37.6 Å². The fourth-order valence-electron chi connectivity index (χ4n) is 2.50. The van der Waals surface area contributed by atoms with Crippen molar-refractivity contribution in [1.29, 1.82) is 0 Å². The van der Waals surface area contributed by atoms with Crippen LogP contribution in [0.1, 0.15) is 44.4 Å². The average Bonchev–Trinajstić information content (AvgIpc) is 2.94. The maximum Gasteiger partial charge on any atom is 0.243 e. The van der Waals surface area contributed by atoms with Crippen LogP contribution in [-0.2, 0) is 23.1 Å². The number of hydrogen-bond acceptors (Lipinski definition) is 3. The summed E-state index contributed by atoms with van der Waals surface area (Å²) in [5.41, 5.74) is 1.84. The highest BCUT2D eigenvalue weighted by molar-refractivity contribution is 7.89. The lowest BCUT2D eigenvalue weighted by atomic mass is 9.99. The first-order valence-corrected chi connectivity index (χ1v) is 9.89. The van der Waals surface area contributed by atoms with Gasteiger partial charge in [0.2, 0.25) is 10.0 Å². The highest BCUT2D eigenvalue weighted by Crippen LogP contribution is 2.24. The molecule has 0 aliphatic rings. The molecule has 0 spiro atoms. The van der Waals surface area contributed by atoms with Gasteiger partial charge in [-0.3, -0.25) is 4.68 Å². The lowest BCUT2D eigenvalue weighted by Crippen LogP contribution is -2.27. The van der Waals surface area contributed by atoms with Gasteiger partial charge in [0.05, 0.1) is 28.4 Å². The topological polar surface area (TPSA) is 55.2 Å². The monoisotopic (exact) mass is 369 g/mol. The third-order valence-electron chi connectivity index (χ3n) is 4.34. The molecule has 0 amide bonds.